The maximum absolute atomic E-state index is 6.16. The minimum Gasteiger partial charge on any atom is -0.396 e. The minimum atomic E-state index is 0.680. The average Bonchev–Trinajstić information content (AvgIpc) is 3.03. The summed E-state index contributed by atoms with van der Waals surface area (Å²) in [6.45, 7) is 0. The van der Waals surface area contributed by atoms with Gasteiger partial charge in [0, 0.05) is 9.75 Å². The van der Waals surface area contributed by atoms with Crippen LogP contribution in [0.5, 0.6) is 0 Å². The normalized spacial score (nSPS) is 11.1. The lowest BCUT2D eigenvalue weighted by Gasteiger charge is -1.95. The molecule has 0 aliphatic rings. The van der Waals surface area contributed by atoms with Gasteiger partial charge in [-0.2, -0.15) is 0 Å². The van der Waals surface area contributed by atoms with Gasteiger partial charge in [0.25, 0.3) is 0 Å². The predicted octanol–water partition coefficient (Wildman–Crippen LogP) is 5.89. The SMILES string of the molecule is Nc1c(-c2ccc(Br)s2)sc(-c2ccc(Br)s2)c1N. The van der Waals surface area contributed by atoms with Gasteiger partial charge in [-0.25, -0.2) is 0 Å². The molecular formula is C12H8Br2N2S3. The predicted molar refractivity (Wildman–Crippen MR) is 95.2 cm³/mol. The van der Waals surface area contributed by atoms with Crippen LogP contribution < -0.4 is 11.5 Å². The average molecular weight is 436 g/mol. The molecule has 0 aliphatic carbocycles. The number of nitrogen functional groups attached to an aromatic ring is 2. The van der Waals surface area contributed by atoms with Crippen molar-refractivity contribution in [3.05, 3.63) is 31.8 Å². The molecule has 0 radical (unpaired) electrons. The van der Waals surface area contributed by atoms with Crippen LogP contribution in [-0.4, -0.2) is 0 Å². The number of halogens is 2. The highest BCUT2D eigenvalue weighted by Crippen LogP contribution is 2.49. The van der Waals surface area contributed by atoms with Gasteiger partial charge >= 0.3 is 0 Å². The molecule has 0 amide bonds. The fourth-order valence-corrected chi connectivity index (χ4v) is 5.86. The van der Waals surface area contributed by atoms with Gasteiger partial charge in [-0.15, -0.1) is 34.0 Å². The number of anilines is 2. The van der Waals surface area contributed by atoms with Crippen LogP contribution in [0.4, 0.5) is 11.4 Å². The summed E-state index contributed by atoms with van der Waals surface area (Å²) < 4.78 is 2.18. The molecule has 3 rings (SSSR count). The zero-order valence-electron chi connectivity index (χ0n) is 9.44. The van der Waals surface area contributed by atoms with Gasteiger partial charge in [0.15, 0.2) is 0 Å². The van der Waals surface area contributed by atoms with Gasteiger partial charge in [-0.1, -0.05) is 0 Å². The van der Waals surface area contributed by atoms with Crippen molar-refractivity contribution in [3.63, 3.8) is 0 Å². The molecule has 0 aromatic carbocycles. The molecule has 0 bridgehead atoms. The molecule has 0 aliphatic heterocycles. The highest BCUT2D eigenvalue weighted by atomic mass is 79.9. The molecule has 0 unspecified atom stereocenters. The Morgan fingerprint density at radius 1 is 0.684 bits per heavy atom. The van der Waals surface area contributed by atoms with E-state index in [1.807, 2.05) is 12.1 Å². The zero-order chi connectivity index (χ0) is 13.6. The van der Waals surface area contributed by atoms with Crippen LogP contribution in [0.3, 0.4) is 0 Å². The zero-order valence-corrected chi connectivity index (χ0v) is 15.1. The van der Waals surface area contributed by atoms with E-state index in [4.69, 9.17) is 11.5 Å². The van der Waals surface area contributed by atoms with Crippen LogP contribution in [0.15, 0.2) is 31.8 Å². The third-order valence-corrected chi connectivity index (χ3v) is 7.41. The Kier molecular flexibility index (Phi) is 3.74. The van der Waals surface area contributed by atoms with Crippen LogP contribution in [0.25, 0.3) is 19.5 Å². The van der Waals surface area contributed by atoms with E-state index in [1.54, 1.807) is 34.0 Å². The summed E-state index contributed by atoms with van der Waals surface area (Å²) in [6, 6.07) is 8.17. The Morgan fingerprint density at radius 2 is 1.11 bits per heavy atom. The van der Waals surface area contributed by atoms with Crippen LogP contribution in [-0.2, 0) is 0 Å². The molecule has 3 heterocycles. The van der Waals surface area contributed by atoms with Crippen LogP contribution in [0, 0.1) is 0 Å². The van der Waals surface area contributed by atoms with Crippen LogP contribution in [0.1, 0.15) is 0 Å². The van der Waals surface area contributed by atoms with Crippen molar-refractivity contribution in [2.45, 2.75) is 0 Å². The van der Waals surface area contributed by atoms with Crippen molar-refractivity contribution >= 4 is 77.2 Å². The fraction of sp³-hybridized carbons (Fsp3) is 0. The maximum Gasteiger partial charge on any atom is 0.0752 e. The molecule has 19 heavy (non-hydrogen) atoms. The summed E-state index contributed by atoms with van der Waals surface area (Å²) in [5.74, 6) is 0. The summed E-state index contributed by atoms with van der Waals surface area (Å²) in [7, 11) is 0. The van der Waals surface area contributed by atoms with Gasteiger partial charge < -0.3 is 11.5 Å². The van der Waals surface area contributed by atoms with Crippen molar-refractivity contribution in [3.8, 4) is 19.5 Å². The van der Waals surface area contributed by atoms with Crippen molar-refractivity contribution in [2.75, 3.05) is 11.5 Å². The topological polar surface area (TPSA) is 52.0 Å². The Balaban J connectivity index is 2.14. The van der Waals surface area contributed by atoms with Crippen molar-refractivity contribution < 1.29 is 0 Å². The van der Waals surface area contributed by atoms with Crippen LogP contribution >= 0.6 is 65.9 Å². The van der Waals surface area contributed by atoms with Crippen LogP contribution in [0.2, 0.25) is 0 Å². The van der Waals surface area contributed by atoms with E-state index in [9.17, 15) is 0 Å². The number of hydrogen-bond acceptors (Lipinski definition) is 5. The molecular weight excluding hydrogens is 428 g/mol. The highest BCUT2D eigenvalue weighted by Gasteiger charge is 2.18. The minimum absolute atomic E-state index is 0.680. The number of hydrogen-bond donors (Lipinski definition) is 2. The largest absolute Gasteiger partial charge is 0.396 e. The van der Waals surface area contributed by atoms with Gasteiger partial charge in [0.2, 0.25) is 0 Å². The van der Waals surface area contributed by atoms with E-state index < -0.39 is 0 Å². The van der Waals surface area contributed by atoms with Gasteiger partial charge in [0.1, 0.15) is 0 Å². The monoisotopic (exact) mass is 434 g/mol. The molecule has 3 aromatic heterocycles. The van der Waals surface area contributed by atoms with E-state index in [1.165, 1.54) is 0 Å². The second kappa shape index (κ2) is 5.21. The quantitative estimate of drug-likeness (QED) is 0.526. The Labute approximate surface area is 139 Å². The molecule has 3 aromatic rings. The lowest BCUT2D eigenvalue weighted by Crippen LogP contribution is -1.91. The molecule has 4 N–H and O–H groups in total. The summed E-state index contributed by atoms with van der Waals surface area (Å²) in [5, 5.41) is 0. The number of nitrogens with two attached hydrogens (primary N) is 2. The summed E-state index contributed by atoms with van der Waals surface area (Å²) in [6.07, 6.45) is 0. The summed E-state index contributed by atoms with van der Waals surface area (Å²) >= 11 is 11.9. The van der Waals surface area contributed by atoms with E-state index in [0.29, 0.717) is 11.4 Å². The lowest BCUT2D eigenvalue weighted by molar-refractivity contribution is 1.79. The third-order valence-electron chi connectivity index (χ3n) is 2.58. The van der Waals surface area contributed by atoms with Crippen molar-refractivity contribution in [1.29, 1.82) is 0 Å². The summed E-state index contributed by atoms with van der Waals surface area (Å²) in [5.41, 5.74) is 13.7. The molecule has 0 spiro atoms. The molecule has 0 saturated heterocycles. The smallest absolute Gasteiger partial charge is 0.0752 e. The molecule has 0 atom stereocenters. The maximum atomic E-state index is 6.16. The third kappa shape index (κ3) is 2.50. The van der Waals surface area contributed by atoms with Gasteiger partial charge in [-0.3, -0.25) is 0 Å². The number of rotatable bonds is 2. The molecule has 7 heteroatoms. The van der Waals surface area contributed by atoms with E-state index in [0.717, 1.165) is 27.1 Å². The molecule has 98 valence electrons. The second-order valence-corrected chi connectivity index (χ2v) is 9.74. The first-order valence-electron chi connectivity index (χ1n) is 5.25. The second-order valence-electron chi connectivity index (χ2n) is 3.80. The van der Waals surface area contributed by atoms with Crippen molar-refractivity contribution in [2.24, 2.45) is 0 Å². The first-order chi connectivity index (χ1) is 9.06. The summed E-state index contributed by atoms with van der Waals surface area (Å²) in [4.78, 5) is 4.38. The van der Waals surface area contributed by atoms with Crippen molar-refractivity contribution in [1.82, 2.24) is 0 Å². The van der Waals surface area contributed by atoms with Gasteiger partial charge in [0.05, 0.1) is 28.7 Å². The number of thiophene rings is 3. The van der Waals surface area contributed by atoms with E-state index in [2.05, 4.69) is 44.0 Å². The molecule has 0 fully saturated rings. The van der Waals surface area contributed by atoms with E-state index in [-0.39, 0.29) is 0 Å². The highest BCUT2D eigenvalue weighted by molar-refractivity contribution is 9.11. The Hall–Kier alpha value is -0.340. The lowest BCUT2D eigenvalue weighted by atomic mass is 10.2. The van der Waals surface area contributed by atoms with E-state index >= 15 is 0 Å². The Morgan fingerprint density at radius 3 is 1.42 bits per heavy atom. The molecule has 2 nitrogen and oxygen atoms in total. The first-order valence-corrected chi connectivity index (χ1v) is 9.29. The standard InChI is InChI=1S/C12H8Br2N2S3/c13-7-3-1-5(17-7)11-9(15)10(16)12(19-11)6-2-4-8(14)18-6/h1-4H,15-16H2. The Bertz CT molecular complexity index is 681. The van der Waals surface area contributed by atoms with Gasteiger partial charge in [-0.05, 0) is 56.1 Å². The first kappa shape index (κ1) is 13.6. The fourth-order valence-electron chi connectivity index (χ4n) is 1.70. The molecule has 0 saturated carbocycles.